The van der Waals surface area contributed by atoms with Crippen LogP contribution in [0.5, 0.6) is 0 Å². The van der Waals surface area contributed by atoms with Crippen molar-refractivity contribution < 1.29 is 4.79 Å². The van der Waals surface area contributed by atoms with Crippen molar-refractivity contribution in [2.45, 2.75) is 32.1 Å². The van der Waals surface area contributed by atoms with E-state index < -0.39 is 0 Å². The largest absolute Gasteiger partial charge is 0.355 e. The van der Waals surface area contributed by atoms with Crippen LogP contribution in [0, 0.1) is 0 Å². The fourth-order valence-corrected chi connectivity index (χ4v) is 2.38. The summed E-state index contributed by atoms with van der Waals surface area (Å²) in [6.45, 7) is 5.77. The van der Waals surface area contributed by atoms with E-state index in [4.69, 9.17) is 0 Å². The van der Waals surface area contributed by atoms with Crippen LogP contribution < -0.4 is 5.32 Å². The Bertz CT molecular complexity index is 406. The van der Waals surface area contributed by atoms with Crippen LogP contribution >= 0.6 is 11.8 Å². The number of thioether (sulfide) groups is 1. The lowest BCUT2D eigenvalue weighted by atomic mass is 10.4. The van der Waals surface area contributed by atoms with E-state index in [1.54, 1.807) is 4.68 Å². The third-order valence-corrected chi connectivity index (χ3v) is 3.55. The van der Waals surface area contributed by atoms with Gasteiger partial charge in [-0.05, 0) is 51.3 Å². The summed E-state index contributed by atoms with van der Waals surface area (Å²) >= 11 is 1.53. The molecule has 0 radical (unpaired) electrons. The summed E-state index contributed by atoms with van der Waals surface area (Å²) in [5.41, 5.74) is 0. The van der Waals surface area contributed by atoms with Crippen LogP contribution in [0.25, 0.3) is 0 Å². The van der Waals surface area contributed by atoms with Gasteiger partial charge in [0, 0.05) is 6.54 Å². The lowest BCUT2D eigenvalue weighted by molar-refractivity contribution is -0.118. The number of nitrogens with zero attached hydrogens (tertiary/aromatic N) is 5. The van der Waals surface area contributed by atoms with Crippen molar-refractivity contribution in [1.82, 2.24) is 30.4 Å². The van der Waals surface area contributed by atoms with Crippen molar-refractivity contribution in [2.24, 2.45) is 0 Å². The summed E-state index contributed by atoms with van der Waals surface area (Å²) in [6, 6.07) is 0.237. The van der Waals surface area contributed by atoms with Gasteiger partial charge in [0.25, 0.3) is 0 Å². The molecule has 0 spiro atoms. The van der Waals surface area contributed by atoms with Crippen LogP contribution in [0.2, 0.25) is 0 Å². The maximum absolute atomic E-state index is 11.6. The average Bonchev–Trinajstić information content (AvgIpc) is 2.83. The van der Waals surface area contributed by atoms with E-state index in [9.17, 15) is 4.79 Å². The molecule has 0 atom stereocenters. The molecule has 8 heteroatoms. The Morgan fingerprint density at radius 1 is 1.45 bits per heavy atom. The molecule has 0 saturated carbocycles. The molecule has 1 N–H and O–H groups in total. The van der Waals surface area contributed by atoms with Gasteiger partial charge in [-0.3, -0.25) is 4.79 Å². The van der Waals surface area contributed by atoms with Crippen molar-refractivity contribution >= 4 is 17.7 Å². The Morgan fingerprint density at radius 3 is 2.85 bits per heavy atom. The van der Waals surface area contributed by atoms with Crippen LogP contribution in [0.1, 0.15) is 32.1 Å². The first kappa shape index (κ1) is 16.9. The summed E-state index contributed by atoms with van der Waals surface area (Å²) in [5.74, 6) is 1.96. The van der Waals surface area contributed by atoms with Crippen molar-refractivity contribution in [1.29, 1.82) is 0 Å². The third-order valence-electron chi connectivity index (χ3n) is 2.62. The molecule has 0 unspecified atom stereocenters. The van der Waals surface area contributed by atoms with E-state index in [-0.39, 0.29) is 11.9 Å². The van der Waals surface area contributed by atoms with E-state index in [0.29, 0.717) is 11.5 Å². The fourth-order valence-electron chi connectivity index (χ4n) is 1.62. The van der Waals surface area contributed by atoms with Gasteiger partial charge in [0.2, 0.25) is 5.91 Å². The van der Waals surface area contributed by atoms with Gasteiger partial charge in [-0.1, -0.05) is 0 Å². The highest BCUT2D eigenvalue weighted by Gasteiger charge is 2.10. The molecule has 0 aliphatic heterocycles. The van der Waals surface area contributed by atoms with Crippen LogP contribution in [-0.4, -0.2) is 64.0 Å². The zero-order chi connectivity index (χ0) is 15.0. The highest BCUT2D eigenvalue weighted by Crippen LogP contribution is 2.12. The first-order chi connectivity index (χ1) is 9.50. The number of nitrogens with one attached hydrogen (secondary N) is 1. The maximum Gasteiger partial charge on any atom is 0.230 e. The molecule has 0 aliphatic rings. The minimum atomic E-state index is 0.0670. The van der Waals surface area contributed by atoms with Gasteiger partial charge in [-0.15, -0.1) is 16.9 Å². The zero-order valence-corrected chi connectivity index (χ0v) is 13.5. The number of rotatable bonds is 9. The molecular weight excluding hydrogens is 276 g/mol. The summed E-state index contributed by atoms with van der Waals surface area (Å²) in [6.07, 6.45) is 0.967. The molecule has 0 saturated heterocycles. The smallest absolute Gasteiger partial charge is 0.230 e. The van der Waals surface area contributed by atoms with E-state index in [2.05, 4.69) is 25.7 Å². The number of aromatic nitrogens is 4. The molecule has 1 heterocycles. The second-order valence-corrected chi connectivity index (χ2v) is 6.12. The zero-order valence-electron chi connectivity index (χ0n) is 12.7. The quantitative estimate of drug-likeness (QED) is 0.671. The molecule has 0 fully saturated rings. The minimum Gasteiger partial charge on any atom is -0.355 e. The number of tetrazole rings is 1. The van der Waals surface area contributed by atoms with E-state index in [1.165, 1.54) is 11.8 Å². The van der Waals surface area contributed by atoms with Gasteiger partial charge >= 0.3 is 0 Å². The molecule has 114 valence electrons. The highest BCUT2D eigenvalue weighted by atomic mass is 32.2. The van der Waals surface area contributed by atoms with Crippen LogP contribution in [-0.2, 0) is 10.5 Å². The van der Waals surface area contributed by atoms with E-state index in [0.717, 1.165) is 25.3 Å². The standard InChI is InChI=1S/C12H24N6OS/c1-10(2)18-11(14-15-16-18)8-20-9-12(19)13-6-5-7-17(3)4/h10H,5-9H2,1-4H3,(H,13,19). The number of carbonyl (C=O) groups excluding carboxylic acids is 1. The summed E-state index contributed by atoms with van der Waals surface area (Å²) in [4.78, 5) is 13.7. The van der Waals surface area contributed by atoms with Crippen LogP contribution in [0.4, 0.5) is 0 Å². The molecule has 0 aromatic carbocycles. The van der Waals surface area contributed by atoms with Crippen molar-refractivity contribution in [3.05, 3.63) is 5.82 Å². The number of hydrogen-bond donors (Lipinski definition) is 1. The highest BCUT2D eigenvalue weighted by molar-refractivity contribution is 7.99. The van der Waals surface area contributed by atoms with Crippen molar-refractivity contribution in [2.75, 3.05) is 32.9 Å². The molecule has 7 nitrogen and oxygen atoms in total. The molecule has 1 aromatic heterocycles. The average molecular weight is 300 g/mol. The molecule has 1 amide bonds. The lowest BCUT2D eigenvalue weighted by Gasteiger charge is -2.10. The van der Waals surface area contributed by atoms with Crippen molar-refractivity contribution in [3.63, 3.8) is 0 Å². The summed E-state index contributed by atoms with van der Waals surface area (Å²) in [5, 5.41) is 14.5. The van der Waals surface area contributed by atoms with Gasteiger partial charge in [0.15, 0.2) is 5.82 Å². The van der Waals surface area contributed by atoms with Gasteiger partial charge in [-0.25, -0.2) is 4.68 Å². The predicted molar refractivity (Wildman–Crippen MR) is 80.5 cm³/mol. The first-order valence-corrected chi connectivity index (χ1v) is 7.92. The fraction of sp³-hybridized carbons (Fsp3) is 0.833. The monoisotopic (exact) mass is 300 g/mol. The Labute approximate surface area is 124 Å². The second kappa shape index (κ2) is 8.91. The van der Waals surface area contributed by atoms with E-state index >= 15 is 0 Å². The molecular formula is C12H24N6OS. The normalized spacial score (nSPS) is 11.3. The molecule has 20 heavy (non-hydrogen) atoms. The molecule has 0 bridgehead atoms. The predicted octanol–water partition coefficient (Wildman–Crippen LogP) is 0.555. The Kier molecular flexibility index (Phi) is 7.53. The lowest BCUT2D eigenvalue weighted by Crippen LogP contribution is -2.28. The first-order valence-electron chi connectivity index (χ1n) is 6.76. The summed E-state index contributed by atoms with van der Waals surface area (Å²) in [7, 11) is 4.05. The second-order valence-electron chi connectivity index (χ2n) is 5.13. The Morgan fingerprint density at radius 2 is 2.20 bits per heavy atom. The van der Waals surface area contributed by atoms with Crippen LogP contribution in [0.3, 0.4) is 0 Å². The Balaban J connectivity index is 2.17. The van der Waals surface area contributed by atoms with Gasteiger partial charge in [0.1, 0.15) is 0 Å². The van der Waals surface area contributed by atoms with Crippen LogP contribution in [0.15, 0.2) is 0 Å². The number of hydrogen-bond acceptors (Lipinski definition) is 6. The maximum atomic E-state index is 11.6. The molecule has 1 rings (SSSR count). The molecule has 1 aromatic rings. The van der Waals surface area contributed by atoms with Crippen molar-refractivity contribution in [3.8, 4) is 0 Å². The molecule has 0 aliphatic carbocycles. The topological polar surface area (TPSA) is 75.9 Å². The SMILES string of the molecule is CC(C)n1nnnc1CSCC(=O)NCCCN(C)C. The van der Waals surface area contributed by atoms with E-state index in [1.807, 2.05) is 27.9 Å². The van der Waals surface area contributed by atoms with Gasteiger partial charge in [-0.2, -0.15) is 0 Å². The number of carbonyl (C=O) groups is 1. The van der Waals surface area contributed by atoms with Gasteiger partial charge in [0.05, 0.1) is 17.5 Å². The Hall–Kier alpha value is -1.15. The summed E-state index contributed by atoms with van der Waals surface area (Å²) < 4.78 is 1.78. The number of amides is 1. The third kappa shape index (κ3) is 6.33. The van der Waals surface area contributed by atoms with Gasteiger partial charge < -0.3 is 10.2 Å². The minimum absolute atomic E-state index is 0.0670.